The van der Waals surface area contributed by atoms with Gasteiger partial charge in [0.15, 0.2) is 0 Å². The molecule has 1 radical (unpaired) electrons. The molecular weight excluding hydrogens is 526 g/mol. The van der Waals surface area contributed by atoms with Crippen molar-refractivity contribution in [2.45, 2.75) is 25.8 Å². The molecule has 0 amide bonds. The SMILES string of the molecule is CC[Si]1(Cl)c2cc3c([cH-]c4ccccc43)c(C3C(C)=Cc4ccccc43)c21.[Cl-].[Cl-].[Zr+3]. The summed E-state index contributed by atoms with van der Waals surface area (Å²) < 4.78 is 0. The first kappa shape index (κ1) is 23.9. The van der Waals surface area contributed by atoms with Gasteiger partial charge in [0.25, 0.3) is 0 Å². The van der Waals surface area contributed by atoms with E-state index < -0.39 is 7.38 Å². The number of allylic oxidation sites excluding steroid dienone is 1. The first-order valence-electron chi connectivity index (χ1n) is 9.75. The summed E-state index contributed by atoms with van der Waals surface area (Å²) in [7, 11) is -1.92. The number of hydrogen-bond acceptors (Lipinski definition) is 0. The van der Waals surface area contributed by atoms with Crippen molar-refractivity contribution in [3.63, 3.8) is 0 Å². The minimum absolute atomic E-state index is 0. The molecule has 0 saturated carbocycles. The second-order valence-electron chi connectivity index (χ2n) is 8.01. The van der Waals surface area contributed by atoms with Gasteiger partial charge in [-0.25, -0.2) is 0 Å². The summed E-state index contributed by atoms with van der Waals surface area (Å²) in [5, 5.41) is 8.49. The maximum atomic E-state index is 7.24. The molecule has 0 bridgehead atoms. The number of fused-ring (bicyclic) bond motifs is 5. The summed E-state index contributed by atoms with van der Waals surface area (Å²) in [5.74, 6) is 0.343. The van der Waals surface area contributed by atoms with Crippen LogP contribution >= 0.6 is 11.1 Å². The fourth-order valence-corrected chi connectivity index (χ4v) is 9.56. The molecule has 1 aliphatic carbocycles. The molecule has 6 rings (SSSR count). The van der Waals surface area contributed by atoms with E-state index in [1.807, 2.05) is 0 Å². The molecule has 4 aromatic carbocycles. The van der Waals surface area contributed by atoms with Crippen molar-refractivity contribution in [2.75, 3.05) is 0 Å². The van der Waals surface area contributed by atoms with Crippen molar-refractivity contribution in [3.8, 4) is 0 Å². The van der Waals surface area contributed by atoms with Crippen molar-refractivity contribution in [3.05, 3.63) is 82.9 Å². The van der Waals surface area contributed by atoms with Crippen LogP contribution in [0.1, 0.15) is 36.5 Å². The molecule has 149 valence electrons. The van der Waals surface area contributed by atoms with Crippen LogP contribution in [0, 0.1) is 0 Å². The van der Waals surface area contributed by atoms with E-state index in [9.17, 15) is 0 Å². The van der Waals surface area contributed by atoms with Gasteiger partial charge in [0, 0.05) is 5.92 Å². The minimum Gasteiger partial charge on any atom is -1.00 e. The van der Waals surface area contributed by atoms with E-state index in [1.165, 1.54) is 54.2 Å². The van der Waals surface area contributed by atoms with E-state index in [4.69, 9.17) is 11.1 Å². The van der Waals surface area contributed by atoms with E-state index in [1.54, 1.807) is 0 Å². The van der Waals surface area contributed by atoms with Crippen molar-refractivity contribution < 1.29 is 51.0 Å². The second-order valence-corrected chi connectivity index (χ2v) is 13.3. The van der Waals surface area contributed by atoms with Gasteiger partial charge in [0.05, 0.1) is 0 Å². The summed E-state index contributed by atoms with van der Waals surface area (Å²) in [6, 6.07) is 23.5. The predicted molar refractivity (Wildman–Crippen MR) is 120 cm³/mol. The Kier molecular flexibility index (Phi) is 6.61. The third kappa shape index (κ3) is 3.06. The molecule has 4 aromatic rings. The predicted octanol–water partition coefficient (Wildman–Crippen LogP) is -0.102. The molecule has 1 aliphatic heterocycles. The van der Waals surface area contributed by atoms with Gasteiger partial charge in [0.2, 0.25) is 7.38 Å². The largest absolute Gasteiger partial charge is 3.00 e. The maximum absolute atomic E-state index is 7.24. The Bertz CT molecular complexity index is 1310. The molecule has 2 unspecified atom stereocenters. The third-order valence-electron chi connectivity index (χ3n) is 6.64. The molecule has 2 aliphatic rings. The fraction of sp³-hybridized carbons (Fsp3) is 0.160. The van der Waals surface area contributed by atoms with E-state index >= 15 is 0 Å². The van der Waals surface area contributed by atoms with Crippen molar-refractivity contribution in [2.24, 2.45) is 0 Å². The monoisotopic (exact) mass is 543 g/mol. The van der Waals surface area contributed by atoms with Crippen LogP contribution in [-0.4, -0.2) is 7.38 Å². The molecule has 0 fully saturated rings. The molecule has 1 heterocycles. The smallest absolute Gasteiger partial charge is 1.00 e. The van der Waals surface area contributed by atoms with Crippen LogP contribution < -0.4 is 35.2 Å². The molecule has 0 spiro atoms. The Labute approximate surface area is 214 Å². The Morgan fingerprint density at radius 3 is 2.47 bits per heavy atom. The maximum Gasteiger partial charge on any atom is 3.00 e. The minimum atomic E-state index is -1.92. The molecule has 0 nitrogen and oxygen atoms in total. The molecule has 30 heavy (non-hydrogen) atoms. The zero-order valence-corrected chi connectivity index (χ0v) is 22.5. The van der Waals surface area contributed by atoms with Crippen molar-refractivity contribution >= 4 is 56.5 Å². The van der Waals surface area contributed by atoms with Crippen molar-refractivity contribution in [1.29, 1.82) is 0 Å². The number of rotatable bonds is 2. The summed E-state index contributed by atoms with van der Waals surface area (Å²) >= 11 is 7.24. The van der Waals surface area contributed by atoms with Gasteiger partial charge in [-0.1, -0.05) is 83.0 Å². The van der Waals surface area contributed by atoms with Gasteiger partial charge < -0.3 is 24.8 Å². The fourth-order valence-electron chi connectivity index (χ4n) is 5.30. The van der Waals surface area contributed by atoms with E-state index in [0.717, 1.165) is 6.04 Å². The average Bonchev–Trinajstić information content (AvgIpc) is 2.98. The standard InChI is InChI=1S/C25H20ClSi.2ClH.Zr/c1-3-27(26)22-14-20-18-10-6-4-9-17(18)13-21(20)24(25(22)27)23-15(2)12-16-8-5-7-11-19(16)23;;;/h4-14,23H,3H2,1-2H3;2*1H;/q-1;;;+3/p-2. The number of halogens is 3. The normalized spacial score (nSPS) is 20.5. The molecular formula is C25H20Cl3SiZr. The van der Waals surface area contributed by atoms with E-state index in [2.05, 4.69) is 80.6 Å². The second kappa shape index (κ2) is 8.30. The van der Waals surface area contributed by atoms with Gasteiger partial charge >= 0.3 is 26.2 Å². The van der Waals surface area contributed by atoms with Crippen LogP contribution in [0.4, 0.5) is 0 Å². The molecule has 5 heteroatoms. The Morgan fingerprint density at radius 1 is 1.00 bits per heavy atom. The topological polar surface area (TPSA) is 0 Å². The Morgan fingerprint density at radius 2 is 1.70 bits per heavy atom. The van der Waals surface area contributed by atoms with Gasteiger partial charge in [0.1, 0.15) is 0 Å². The summed E-state index contributed by atoms with van der Waals surface area (Å²) in [6.45, 7) is 4.54. The van der Waals surface area contributed by atoms with Crippen LogP contribution in [-0.2, 0) is 26.2 Å². The summed E-state index contributed by atoms with van der Waals surface area (Å²) in [5.41, 5.74) is 5.74. The molecule has 2 atom stereocenters. The zero-order valence-electron chi connectivity index (χ0n) is 16.8. The number of hydrogen-bond donors (Lipinski definition) is 0. The van der Waals surface area contributed by atoms with Crippen LogP contribution in [0.15, 0.2) is 66.2 Å². The van der Waals surface area contributed by atoms with Crippen LogP contribution in [0.3, 0.4) is 0 Å². The van der Waals surface area contributed by atoms with Crippen LogP contribution in [0.2, 0.25) is 6.04 Å². The Balaban J connectivity index is 0.000000853. The quantitative estimate of drug-likeness (QED) is 0.187. The molecule has 0 saturated heterocycles. The average molecular weight is 546 g/mol. The van der Waals surface area contributed by atoms with Crippen LogP contribution in [0.5, 0.6) is 0 Å². The van der Waals surface area contributed by atoms with Gasteiger partial charge in [-0.2, -0.15) is 11.1 Å². The summed E-state index contributed by atoms with van der Waals surface area (Å²) in [6.07, 6.45) is 2.36. The van der Waals surface area contributed by atoms with E-state index in [0.29, 0.717) is 5.92 Å². The van der Waals surface area contributed by atoms with Gasteiger partial charge in [-0.3, -0.25) is 0 Å². The van der Waals surface area contributed by atoms with Gasteiger partial charge in [-0.15, -0.1) is 33.7 Å². The summed E-state index contributed by atoms with van der Waals surface area (Å²) in [4.78, 5) is 0. The molecule has 0 aromatic heterocycles. The van der Waals surface area contributed by atoms with Crippen molar-refractivity contribution in [1.82, 2.24) is 0 Å². The first-order valence-corrected chi connectivity index (χ1v) is 13.0. The van der Waals surface area contributed by atoms with Gasteiger partial charge in [-0.05, 0) is 24.1 Å². The Hall–Kier alpha value is -0.760. The van der Waals surface area contributed by atoms with Crippen LogP contribution in [0.25, 0.3) is 27.6 Å². The van der Waals surface area contributed by atoms with E-state index in [-0.39, 0.29) is 51.0 Å². The zero-order chi connectivity index (χ0) is 18.3. The number of benzene rings is 3. The first-order chi connectivity index (χ1) is 13.1. The third-order valence-corrected chi connectivity index (χ3v) is 11.9. The molecule has 0 N–H and O–H groups in total.